The van der Waals surface area contributed by atoms with Gasteiger partial charge in [0.05, 0.1) is 0 Å². The Bertz CT molecular complexity index is 259. The fraction of sp³-hybridized carbons (Fsp3) is 0.929. The van der Waals surface area contributed by atoms with Gasteiger partial charge in [-0.3, -0.25) is 4.79 Å². The Labute approximate surface area is 112 Å². The van der Waals surface area contributed by atoms with Crippen LogP contribution in [-0.2, 0) is 4.79 Å². The molecule has 2 atom stereocenters. The summed E-state index contributed by atoms with van der Waals surface area (Å²) in [7, 11) is 0. The quantitative estimate of drug-likeness (QED) is 0.770. The number of nitrogens with zero attached hydrogens (tertiary/aromatic N) is 1. The van der Waals surface area contributed by atoms with Crippen LogP contribution in [0.15, 0.2) is 0 Å². The molecule has 17 heavy (non-hydrogen) atoms. The van der Waals surface area contributed by atoms with Gasteiger partial charge in [0.1, 0.15) is 0 Å². The zero-order chi connectivity index (χ0) is 13.1. The van der Waals surface area contributed by atoms with Crippen LogP contribution in [0.2, 0.25) is 0 Å². The molecule has 0 saturated carbocycles. The molecule has 0 aliphatic carbocycles. The van der Waals surface area contributed by atoms with Crippen molar-refractivity contribution < 1.29 is 4.79 Å². The first-order valence-electron chi connectivity index (χ1n) is 6.73. The monoisotopic (exact) mass is 257 g/mol. The minimum absolute atomic E-state index is 0.325. The summed E-state index contributed by atoms with van der Waals surface area (Å²) in [5, 5.41) is 0. The van der Waals surface area contributed by atoms with Crippen molar-refractivity contribution in [1.29, 1.82) is 0 Å². The molecule has 1 aliphatic heterocycles. The van der Waals surface area contributed by atoms with E-state index < -0.39 is 0 Å². The van der Waals surface area contributed by atoms with Crippen LogP contribution in [0.5, 0.6) is 0 Å². The third kappa shape index (κ3) is 4.53. The maximum absolute atomic E-state index is 12.0. The van der Waals surface area contributed by atoms with Crippen LogP contribution in [0.4, 0.5) is 0 Å². The highest BCUT2D eigenvalue weighted by molar-refractivity contribution is 7.80. The van der Waals surface area contributed by atoms with Crippen molar-refractivity contribution in [2.75, 3.05) is 18.8 Å². The fourth-order valence-corrected chi connectivity index (χ4v) is 2.65. The van der Waals surface area contributed by atoms with Crippen molar-refractivity contribution in [3.8, 4) is 0 Å². The number of hydrogen-bond acceptors (Lipinski definition) is 2. The van der Waals surface area contributed by atoms with Crippen LogP contribution in [-0.4, -0.2) is 29.6 Å². The summed E-state index contributed by atoms with van der Waals surface area (Å²) in [6, 6.07) is 0. The Hall–Kier alpha value is -0.180. The number of amides is 1. The van der Waals surface area contributed by atoms with E-state index >= 15 is 0 Å². The molecule has 1 heterocycles. The lowest BCUT2D eigenvalue weighted by atomic mass is 9.77. The average molecular weight is 257 g/mol. The zero-order valence-electron chi connectivity index (χ0n) is 11.7. The van der Waals surface area contributed by atoms with Gasteiger partial charge >= 0.3 is 0 Å². The molecule has 1 amide bonds. The van der Waals surface area contributed by atoms with Gasteiger partial charge in [-0.2, -0.15) is 12.6 Å². The van der Waals surface area contributed by atoms with E-state index in [0.717, 1.165) is 38.1 Å². The van der Waals surface area contributed by atoms with E-state index in [0.29, 0.717) is 23.2 Å². The second kappa shape index (κ2) is 6.12. The predicted octanol–water partition coefficient (Wildman–Crippen LogP) is 3.23. The van der Waals surface area contributed by atoms with Gasteiger partial charge in [0.15, 0.2) is 0 Å². The molecule has 3 heteroatoms. The molecule has 0 aromatic rings. The smallest absolute Gasteiger partial charge is 0.222 e. The molecular weight excluding hydrogens is 230 g/mol. The first-order chi connectivity index (χ1) is 7.84. The van der Waals surface area contributed by atoms with Gasteiger partial charge in [0, 0.05) is 19.5 Å². The molecule has 2 nitrogen and oxygen atoms in total. The molecule has 0 aromatic carbocycles. The molecular formula is C14H27NOS. The van der Waals surface area contributed by atoms with E-state index in [9.17, 15) is 4.79 Å². The Morgan fingerprint density at radius 1 is 1.41 bits per heavy atom. The zero-order valence-corrected chi connectivity index (χ0v) is 12.6. The number of thiol groups is 1. The van der Waals surface area contributed by atoms with Gasteiger partial charge in [0.2, 0.25) is 5.91 Å². The third-order valence-electron chi connectivity index (χ3n) is 3.88. The molecule has 1 aliphatic rings. The highest BCUT2D eigenvalue weighted by atomic mass is 32.1. The third-order valence-corrected chi connectivity index (χ3v) is 4.50. The molecule has 0 radical (unpaired) electrons. The summed E-state index contributed by atoms with van der Waals surface area (Å²) in [4.78, 5) is 14.1. The van der Waals surface area contributed by atoms with Gasteiger partial charge in [-0.1, -0.05) is 27.7 Å². The predicted molar refractivity (Wildman–Crippen MR) is 76.4 cm³/mol. The van der Waals surface area contributed by atoms with E-state index in [4.69, 9.17) is 0 Å². The molecule has 0 bridgehead atoms. The average Bonchev–Trinajstić information content (AvgIpc) is 2.41. The topological polar surface area (TPSA) is 20.3 Å². The van der Waals surface area contributed by atoms with Crippen molar-refractivity contribution in [2.45, 2.75) is 47.0 Å². The Morgan fingerprint density at radius 2 is 2.06 bits per heavy atom. The van der Waals surface area contributed by atoms with E-state index in [-0.39, 0.29) is 0 Å². The molecule has 0 aromatic heterocycles. The number of likely N-dealkylation sites (tertiary alicyclic amines) is 1. The molecule has 1 fully saturated rings. The second-order valence-electron chi connectivity index (χ2n) is 6.52. The summed E-state index contributed by atoms with van der Waals surface area (Å²) < 4.78 is 0. The normalized spacial score (nSPS) is 24.6. The summed E-state index contributed by atoms with van der Waals surface area (Å²) in [6.45, 7) is 10.8. The van der Waals surface area contributed by atoms with Crippen LogP contribution >= 0.6 is 12.6 Å². The fourth-order valence-electron chi connectivity index (χ4n) is 2.53. The standard InChI is InChI=1S/C14H27NOS/c1-11(10-17)9-15-8-7-12(14(2,3)4)5-6-13(15)16/h11-12,17H,5-10H2,1-4H3. The number of rotatable bonds is 3. The van der Waals surface area contributed by atoms with Crippen molar-refractivity contribution in [3.05, 3.63) is 0 Å². The molecule has 0 spiro atoms. The Morgan fingerprint density at radius 3 is 2.59 bits per heavy atom. The highest BCUT2D eigenvalue weighted by Crippen LogP contribution is 2.34. The lowest BCUT2D eigenvalue weighted by Gasteiger charge is -2.30. The SMILES string of the molecule is CC(CS)CN1CCC(C(C)(C)C)CCC1=O. The first kappa shape index (κ1) is 14.9. The Kier molecular flexibility index (Phi) is 5.36. The van der Waals surface area contributed by atoms with Gasteiger partial charge in [-0.05, 0) is 35.8 Å². The highest BCUT2D eigenvalue weighted by Gasteiger charge is 2.30. The van der Waals surface area contributed by atoms with Crippen molar-refractivity contribution in [2.24, 2.45) is 17.3 Å². The lowest BCUT2D eigenvalue weighted by Crippen LogP contribution is -2.35. The van der Waals surface area contributed by atoms with Gasteiger partial charge in [-0.25, -0.2) is 0 Å². The van der Waals surface area contributed by atoms with Crippen LogP contribution in [0.25, 0.3) is 0 Å². The summed E-state index contributed by atoms with van der Waals surface area (Å²) >= 11 is 4.30. The van der Waals surface area contributed by atoms with Crippen molar-refractivity contribution >= 4 is 18.5 Å². The maximum Gasteiger partial charge on any atom is 0.222 e. The van der Waals surface area contributed by atoms with E-state index in [2.05, 4.69) is 40.3 Å². The van der Waals surface area contributed by atoms with Crippen LogP contribution in [0.3, 0.4) is 0 Å². The summed E-state index contributed by atoms with van der Waals surface area (Å²) in [6.07, 6.45) is 2.92. The van der Waals surface area contributed by atoms with Gasteiger partial charge < -0.3 is 4.90 Å². The van der Waals surface area contributed by atoms with Gasteiger partial charge in [-0.15, -0.1) is 0 Å². The lowest BCUT2D eigenvalue weighted by molar-refractivity contribution is -0.131. The largest absolute Gasteiger partial charge is 0.342 e. The minimum Gasteiger partial charge on any atom is -0.342 e. The van der Waals surface area contributed by atoms with Crippen molar-refractivity contribution in [1.82, 2.24) is 4.90 Å². The molecule has 0 N–H and O–H groups in total. The van der Waals surface area contributed by atoms with E-state index in [1.807, 2.05) is 4.90 Å². The molecule has 1 rings (SSSR count). The van der Waals surface area contributed by atoms with Crippen LogP contribution in [0, 0.1) is 17.3 Å². The molecule has 2 unspecified atom stereocenters. The summed E-state index contributed by atoms with van der Waals surface area (Å²) in [5.74, 6) is 2.36. The van der Waals surface area contributed by atoms with Crippen LogP contribution < -0.4 is 0 Å². The number of hydrogen-bond donors (Lipinski definition) is 1. The van der Waals surface area contributed by atoms with Crippen LogP contribution in [0.1, 0.15) is 47.0 Å². The minimum atomic E-state index is 0.325. The van der Waals surface area contributed by atoms with E-state index in [1.54, 1.807) is 0 Å². The van der Waals surface area contributed by atoms with E-state index in [1.165, 1.54) is 0 Å². The molecule has 100 valence electrons. The number of carbonyl (C=O) groups excluding carboxylic acids is 1. The first-order valence-corrected chi connectivity index (χ1v) is 7.36. The van der Waals surface area contributed by atoms with Crippen molar-refractivity contribution in [3.63, 3.8) is 0 Å². The van der Waals surface area contributed by atoms with Gasteiger partial charge in [0.25, 0.3) is 0 Å². The second-order valence-corrected chi connectivity index (χ2v) is 6.88. The summed E-state index contributed by atoms with van der Waals surface area (Å²) in [5.41, 5.74) is 0.325. The number of carbonyl (C=O) groups is 1. The Balaban J connectivity index is 2.58. The maximum atomic E-state index is 12.0. The molecule has 1 saturated heterocycles.